The Morgan fingerprint density at radius 3 is 2.73 bits per heavy atom. The zero-order valence-corrected chi connectivity index (χ0v) is 14.6. The molecule has 0 fully saturated rings. The van der Waals surface area contributed by atoms with Gasteiger partial charge in [0.1, 0.15) is 6.54 Å². The fourth-order valence-electron chi connectivity index (χ4n) is 1.83. The molecular formula is C15H17ClN2O2S2. The van der Waals surface area contributed by atoms with Crippen LogP contribution in [0.1, 0.15) is 11.3 Å². The van der Waals surface area contributed by atoms with E-state index in [1.165, 1.54) is 10.1 Å². The van der Waals surface area contributed by atoms with Crippen molar-refractivity contribution in [3.8, 4) is 0 Å². The summed E-state index contributed by atoms with van der Waals surface area (Å²) in [5.41, 5.74) is 2.03. The molecule has 118 valence electrons. The molecule has 0 aliphatic rings. The van der Waals surface area contributed by atoms with Crippen LogP contribution in [0.2, 0.25) is 5.02 Å². The number of thiazole rings is 1. The van der Waals surface area contributed by atoms with Crippen molar-refractivity contribution in [2.24, 2.45) is 0 Å². The van der Waals surface area contributed by atoms with Gasteiger partial charge in [-0.25, -0.2) is 0 Å². The first kappa shape index (κ1) is 17.1. The van der Waals surface area contributed by atoms with Gasteiger partial charge in [0.05, 0.1) is 0 Å². The third kappa shape index (κ3) is 5.19. The lowest BCUT2D eigenvalue weighted by atomic mass is 10.2. The van der Waals surface area contributed by atoms with E-state index in [0.717, 1.165) is 33.6 Å². The molecule has 7 heteroatoms. The molecule has 1 N–H and O–H groups in total. The second kappa shape index (κ2) is 8.41. The summed E-state index contributed by atoms with van der Waals surface area (Å²) >= 11 is 8.69. The second-order valence-corrected chi connectivity index (χ2v) is 7.12. The number of rotatable bonds is 7. The second-order valence-electron chi connectivity index (χ2n) is 4.76. The Labute approximate surface area is 142 Å². The summed E-state index contributed by atoms with van der Waals surface area (Å²) in [4.78, 5) is 23.2. The normalized spacial score (nSPS) is 10.6. The average molecular weight is 357 g/mol. The van der Waals surface area contributed by atoms with Crippen molar-refractivity contribution in [2.75, 3.05) is 12.3 Å². The minimum Gasteiger partial charge on any atom is -0.354 e. The molecule has 0 saturated heterocycles. The van der Waals surface area contributed by atoms with E-state index in [4.69, 9.17) is 11.6 Å². The molecule has 22 heavy (non-hydrogen) atoms. The average Bonchev–Trinajstić information content (AvgIpc) is 2.81. The summed E-state index contributed by atoms with van der Waals surface area (Å²) in [6.45, 7) is 2.51. The Bertz CT molecular complexity index is 680. The van der Waals surface area contributed by atoms with Crippen LogP contribution >= 0.6 is 34.7 Å². The van der Waals surface area contributed by atoms with E-state index in [-0.39, 0.29) is 17.3 Å². The first-order valence-corrected chi connectivity index (χ1v) is 9.21. The molecule has 4 nitrogen and oxygen atoms in total. The molecule has 2 aromatic rings. The van der Waals surface area contributed by atoms with Crippen LogP contribution in [-0.4, -0.2) is 22.8 Å². The Morgan fingerprint density at radius 1 is 1.36 bits per heavy atom. The van der Waals surface area contributed by atoms with E-state index < -0.39 is 0 Å². The van der Waals surface area contributed by atoms with E-state index in [9.17, 15) is 9.59 Å². The number of amides is 1. The van der Waals surface area contributed by atoms with Crippen LogP contribution in [0.25, 0.3) is 0 Å². The van der Waals surface area contributed by atoms with Crippen molar-refractivity contribution in [3.05, 3.63) is 55.6 Å². The van der Waals surface area contributed by atoms with Crippen LogP contribution in [0.5, 0.6) is 0 Å². The number of thioether (sulfide) groups is 1. The maximum atomic E-state index is 11.8. The van der Waals surface area contributed by atoms with E-state index >= 15 is 0 Å². The number of aryl methyl sites for hydroxylation is 1. The fraction of sp³-hybridized carbons (Fsp3) is 0.333. The van der Waals surface area contributed by atoms with Gasteiger partial charge in [0.25, 0.3) is 0 Å². The van der Waals surface area contributed by atoms with Gasteiger partial charge in [-0.15, -0.1) is 0 Å². The summed E-state index contributed by atoms with van der Waals surface area (Å²) in [7, 11) is 0. The molecule has 0 aliphatic carbocycles. The predicted molar refractivity (Wildman–Crippen MR) is 93.9 cm³/mol. The van der Waals surface area contributed by atoms with Crippen molar-refractivity contribution < 1.29 is 4.79 Å². The van der Waals surface area contributed by atoms with Gasteiger partial charge in [-0.2, -0.15) is 11.8 Å². The molecule has 0 spiro atoms. The Kier molecular flexibility index (Phi) is 6.54. The van der Waals surface area contributed by atoms with E-state index in [0.29, 0.717) is 6.54 Å². The number of hydrogen-bond donors (Lipinski definition) is 1. The van der Waals surface area contributed by atoms with Gasteiger partial charge in [0, 0.05) is 34.1 Å². The third-order valence-electron chi connectivity index (χ3n) is 3.03. The van der Waals surface area contributed by atoms with Gasteiger partial charge in [0.15, 0.2) is 0 Å². The topological polar surface area (TPSA) is 51.1 Å². The van der Waals surface area contributed by atoms with Crippen LogP contribution in [0.3, 0.4) is 0 Å². The smallest absolute Gasteiger partial charge is 0.307 e. The Hall–Kier alpha value is -1.24. The van der Waals surface area contributed by atoms with Crippen LogP contribution in [0.15, 0.2) is 34.4 Å². The van der Waals surface area contributed by atoms with Crippen molar-refractivity contribution in [1.82, 2.24) is 9.88 Å². The van der Waals surface area contributed by atoms with Crippen LogP contribution in [0.4, 0.5) is 0 Å². The van der Waals surface area contributed by atoms with Crippen LogP contribution in [0, 0.1) is 6.92 Å². The lowest BCUT2D eigenvalue weighted by Crippen LogP contribution is -2.32. The number of hydrogen-bond acceptors (Lipinski definition) is 4. The molecule has 1 heterocycles. The number of carbonyl (C=O) groups excluding carboxylic acids is 1. The van der Waals surface area contributed by atoms with Gasteiger partial charge >= 0.3 is 4.87 Å². The van der Waals surface area contributed by atoms with Gasteiger partial charge in [0.2, 0.25) is 5.91 Å². The highest BCUT2D eigenvalue weighted by Crippen LogP contribution is 2.14. The summed E-state index contributed by atoms with van der Waals surface area (Å²) in [6.07, 6.45) is 0. The number of benzene rings is 1. The highest BCUT2D eigenvalue weighted by molar-refractivity contribution is 7.98. The monoisotopic (exact) mass is 356 g/mol. The minimum absolute atomic E-state index is 0.0928. The lowest BCUT2D eigenvalue weighted by Gasteiger charge is -2.07. The van der Waals surface area contributed by atoms with Gasteiger partial charge in [-0.1, -0.05) is 35.1 Å². The van der Waals surface area contributed by atoms with Gasteiger partial charge in [-0.3, -0.25) is 14.2 Å². The highest BCUT2D eigenvalue weighted by Gasteiger charge is 2.07. The molecule has 0 aliphatic heterocycles. The van der Waals surface area contributed by atoms with E-state index in [1.54, 1.807) is 17.1 Å². The summed E-state index contributed by atoms with van der Waals surface area (Å²) in [6, 6.07) is 7.75. The van der Waals surface area contributed by atoms with E-state index in [1.807, 2.05) is 31.2 Å². The molecular weight excluding hydrogens is 340 g/mol. The molecule has 0 unspecified atom stereocenters. The predicted octanol–water partition coefficient (Wildman–Crippen LogP) is 2.92. The zero-order chi connectivity index (χ0) is 15.9. The quantitative estimate of drug-likeness (QED) is 0.776. The molecule has 0 bridgehead atoms. The zero-order valence-electron chi connectivity index (χ0n) is 12.2. The first-order chi connectivity index (χ1) is 10.6. The molecule has 1 aromatic heterocycles. The third-order valence-corrected chi connectivity index (χ3v) is 5.19. The molecule has 1 aromatic carbocycles. The van der Waals surface area contributed by atoms with Crippen LogP contribution in [-0.2, 0) is 17.1 Å². The molecule has 0 saturated carbocycles. The number of halogens is 1. The van der Waals surface area contributed by atoms with Gasteiger partial charge < -0.3 is 5.32 Å². The number of nitrogens with zero attached hydrogens (tertiary/aromatic N) is 1. The summed E-state index contributed by atoms with van der Waals surface area (Å²) in [5.74, 6) is 1.58. The summed E-state index contributed by atoms with van der Waals surface area (Å²) < 4.78 is 1.49. The maximum absolute atomic E-state index is 11.8. The standard InChI is InChI=1S/C15H17ClN2O2S2/c1-11-9-22-15(20)18(11)8-14(19)17-6-7-21-10-12-2-4-13(16)5-3-12/h2-5,9H,6-8,10H2,1H3,(H,17,19). The number of nitrogens with one attached hydrogen (secondary N) is 1. The Balaban J connectivity index is 1.65. The van der Waals surface area contributed by atoms with Crippen molar-refractivity contribution in [3.63, 3.8) is 0 Å². The SMILES string of the molecule is Cc1csc(=O)n1CC(=O)NCCSCc1ccc(Cl)cc1. The minimum atomic E-state index is -0.129. The first-order valence-electron chi connectivity index (χ1n) is 6.80. The summed E-state index contributed by atoms with van der Waals surface area (Å²) in [5, 5.41) is 5.33. The molecule has 2 rings (SSSR count). The van der Waals surface area contributed by atoms with Crippen molar-refractivity contribution >= 4 is 40.6 Å². The molecule has 1 amide bonds. The largest absolute Gasteiger partial charge is 0.354 e. The molecule has 0 atom stereocenters. The fourth-order valence-corrected chi connectivity index (χ4v) is 3.51. The van der Waals surface area contributed by atoms with E-state index in [2.05, 4.69) is 5.32 Å². The highest BCUT2D eigenvalue weighted by atomic mass is 35.5. The maximum Gasteiger partial charge on any atom is 0.307 e. The molecule has 0 radical (unpaired) electrons. The van der Waals surface area contributed by atoms with Gasteiger partial charge in [-0.05, 0) is 24.6 Å². The van der Waals surface area contributed by atoms with Crippen molar-refractivity contribution in [1.29, 1.82) is 0 Å². The van der Waals surface area contributed by atoms with Crippen LogP contribution < -0.4 is 10.2 Å². The Morgan fingerprint density at radius 2 is 2.09 bits per heavy atom. The lowest BCUT2D eigenvalue weighted by molar-refractivity contribution is -0.121. The number of aromatic nitrogens is 1. The number of carbonyl (C=O) groups is 1. The van der Waals surface area contributed by atoms with Crippen molar-refractivity contribution in [2.45, 2.75) is 19.2 Å².